The first-order valence-electron chi connectivity index (χ1n) is 17.6. The molecule has 3 N–H and O–H groups in total. The van der Waals surface area contributed by atoms with E-state index in [1.165, 1.54) is 6.92 Å². The molecule has 16 heteroatoms. The van der Waals surface area contributed by atoms with Gasteiger partial charge in [-0.15, -0.1) is 10.2 Å². The van der Waals surface area contributed by atoms with Gasteiger partial charge in [-0.25, -0.2) is 14.4 Å². The number of benzene rings is 1. The van der Waals surface area contributed by atoms with E-state index in [4.69, 9.17) is 28.4 Å². The summed E-state index contributed by atoms with van der Waals surface area (Å²) < 4.78 is 33.9. The first-order valence-corrected chi connectivity index (χ1v) is 17.6. The third-order valence-electron chi connectivity index (χ3n) is 10.00. The van der Waals surface area contributed by atoms with E-state index < -0.39 is 71.1 Å². The summed E-state index contributed by atoms with van der Waals surface area (Å²) in [5, 5.41) is 38.0. The minimum Gasteiger partial charge on any atom is -0.467 e. The number of aliphatic hydroxyl groups is 2. The molecule has 2 aliphatic rings. The fourth-order valence-electron chi connectivity index (χ4n) is 7.15. The van der Waals surface area contributed by atoms with Gasteiger partial charge < -0.3 is 38.6 Å². The Morgan fingerprint density at radius 2 is 1.77 bits per heavy atom. The molecule has 2 fully saturated rings. The molecule has 10 atom stereocenters. The van der Waals surface area contributed by atoms with Crippen LogP contribution in [-0.4, -0.2) is 104 Å². The van der Waals surface area contributed by atoms with Gasteiger partial charge in [-0.3, -0.25) is 4.79 Å². The summed E-state index contributed by atoms with van der Waals surface area (Å²) in [7, 11) is 1.89. The maximum Gasteiger partial charge on any atom is 0.346 e. The van der Waals surface area contributed by atoms with Crippen molar-refractivity contribution in [3.8, 4) is 0 Å². The third kappa shape index (κ3) is 8.20. The summed E-state index contributed by atoms with van der Waals surface area (Å²) in [6, 6.07) is 9.56. The van der Waals surface area contributed by atoms with Gasteiger partial charge in [-0.05, 0) is 42.2 Å². The topological polar surface area (TPSA) is 219 Å². The second kappa shape index (κ2) is 17.1. The Morgan fingerprint density at radius 3 is 2.36 bits per heavy atom. The highest BCUT2D eigenvalue weighted by molar-refractivity contribution is 5.95. The molecule has 0 spiro atoms. The van der Waals surface area contributed by atoms with Gasteiger partial charge in [0.05, 0.1) is 14.2 Å². The number of nitrogens with one attached hydrogen (secondary N) is 1. The molecule has 2 aliphatic heterocycles. The first-order chi connectivity index (χ1) is 25.1. The van der Waals surface area contributed by atoms with Crippen LogP contribution in [0, 0.1) is 17.8 Å². The van der Waals surface area contributed by atoms with E-state index in [1.807, 2.05) is 44.2 Å². The molecule has 2 aromatic rings. The molecule has 0 amide bonds. The lowest BCUT2D eigenvalue weighted by Crippen LogP contribution is -2.74. The van der Waals surface area contributed by atoms with Crippen molar-refractivity contribution in [2.75, 3.05) is 14.2 Å². The van der Waals surface area contributed by atoms with E-state index in [9.17, 15) is 29.4 Å². The predicted octanol–water partition coefficient (Wildman–Crippen LogP) is 2.86. The SMILES string of the molecule is C=C(CC[C@@]12O[C@H](c3nn[nH]n3)[C@@](O)(C(=O)OC)[C@@](C(=O)OC)(O1)[C@H](OC(=O)/C=C/[C@@H](C)C[C@@H](C)CC)[C@H]2O)[C@@H](OC(C)=O)[C@H](C)Cc1ccccc1. The maximum absolute atomic E-state index is 14.0. The number of esters is 4. The zero-order valence-corrected chi connectivity index (χ0v) is 31.1. The number of fused-ring (bicyclic) bond motifs is 2. The van der Waals surface area contributed by atoms with Gasteiger partial charge in [0.15, 0.2) is 12.2 Å². The molecule has 290 valence electrons. The Labute approximate surface area is 308 Å². The molecule has 3 heterocycles. The van der Waals surface area contributed by atoms with Crippen LogP contribution >= 0.6 is 0 Å². The Balaban J connectivity index is 1.78. The van der Waals surface area contributed by atoms with Crippen LogP contribution in [0.3, 0.4) is 0 Å². The van der Waals surface area contributed by atoms with E-state index in [-0.39, 0.29) is 24.7 Å². The zero-order chi connectivity index (χ0) is 39.1. The molecular weight excluding hydrogens is 692 g/mol. The molecule has 2 bridgehead atoms. The fourth-order valence-corrected chi connectivity index (χ4v) is 7.15. The summed E-state index contributed by atoms with van der Waals surface area (Å²) in [5.74, 6) is -7.11. The molecular formula is C37H50N4O12. The van der Waals surface area contributed by atoms with Crippen LogP contribution < -0.4 is 0 Å². The Kier molecular flexibility index (Phi) is 13.3. The molecule has 16 nitrogen and oxygen atoms in total. The molecule has 4 rings (SSSR count). The molecule has 1 aromatic heterocycles. The number of aliphatic hydroxyl groups excluding tert-OH is 1. The number of hydrogen-bond acceptors (Lipinski definition) is 15. The van der Waals surface area contributed by atoms with Gasteiger partial charge in [-0.1, -0.05) is 82.3 Å². The standard InChI is InChI=1S/C37H50N4O12/c1-9-21(2)19-22(3)15-16-27(43)51-30-29(44)35(18-17-23(4)28(50-25(6)42)24(5)20-26-13-11-10-12-14-26)52-31(32-38-40-41-39-32)36(47,33(45)48-7)37(30,53-35)34(46)49-8/h10-16,21-22,24,28-31,44,47H,4,9,17-20H2,1-3,5-8H3,(H,38,39,40,41)/b16-15+/t21-,22+,24+,28+,29+,30+,31+,35+,36+,37+/m0/s1. The van der Waals surface area contributed by atoms with E-state index >= 15 is 0 Å². The zero-order valence-electron chi connectivity index (χ0n) is 31.1. The number of nitrogens with zero attached hydrogens (tertiary/aromatic N) is 3. The van der Waals surface area contributed by atoms with Crippen LogP contribution in [0.1, 0.15) is 77.8 Å². The van der Waals surface area contributed by atoms with Crippen LogP contribution in [0.4, 0.5) is 0 Å². The minimum absolute atomic E-state index is 0.0409. The number of tetrazole rings is 1. The Bertz CT molecular complexity index is 1640. The van der Waals surface area contributed by atoms with Crippen molar-refractivity contribution in [2.45, 2.75) is 108 Å². The fraction of sp³-hybridized carbons (Fsp3) is 0.595. The Morgan fingerprint density at radius 1 is 1.09 bits per heavy atom. The Hall–Kier alpha value is -4.51. The largest absolute Gasteiger partial charge is 0.467 e. The second-order valence-electron chi connectivity index (χ2n) is 13.9. The number of carbonyl (C=O) groups is 4. The van der Waals surface area contributed by atoms with Crippen molar-refractivity contribution < 1.29 is 57.8 Å². The van der Waals surface area contributed by atoms with E-state index in [0.29, 0.717) is 17.9 Å². The second-order valence-corrected chi connectivity index (χ2v) is 13.9. The highest BCUT2D eigenvalue weighted by Gasteiger charge is 2.85. The van der Waals surface area contributed by atoms with Crippen molar-refractivity contribution in [1.82, 2.24) is 20.6 Å². The van der Waals surface area contributed by atoms with Crippen molar-refractivity contribution in [1.29, 1.82) is 0 Å². The quantitative estimate of drug-likeness (QED) is 0.0919. The summed E-state index contributed by atoms with van der Waals surface area (Å²) >= 11 is 0. The van der Waals surface area contributed by atoms with Gasteiger partial charge in [0.25, 0.3) is 5.60 Å². The lowest BCUT2D eigenvalue weighted by atomic mass is 9.74. The molecule has 0 aliphatic carbocycles. The van der Waals surface area contributed by atoms with Crippen molar-refractivity contribution in [3.63, 3.8) is 0 Å². The van der Waals surface area contributed by atoms with Gasteiger partial charge in [0.2, 0.25) is 17.2 Å². The lowest BCUT2D eigenvalue weighted by molar-refractivity contribution is -0.384. The number of methoxy groups -OCH3 is 2. The normalized spacial score (nSPS) is 28.7. The van der Waals surface area contributed by atoms with Crippen LogP contribution in [0.5, 0.6) is 0 Å². The number of ether oxygens (including phenoxy) is 6. The average molecular weight is 743 g/mol. The molecule has 1 aromatic carbocycles. The third-order valence-corrected chi connectivity index (χ3v) is 10.00. The van der Waals surface area contributed by atoms with E-state index in [2.05, 4.69) is 41.1 Å². The van der Waals surface area contributed by atoms with Gasteiger partial charge in [0.1, 0.15) is 12.2 Å². The number of aromatic amines is 1. The number of H-pyrrole nitrogens is 1. The lowest BCUT2D eigenvalue weighted by Gasteiger charge is -2.50. The minimum atomic E-state index is -3.22. The van der Waals surface area contributed by atoms with Gasteiger partial charge in [0, 0.05) is 25.3 Å². The monoisotopic (exact) mass is 742 g/mol. The molecule has 2 saturated heterocycles. The summed E-state index contributed by atoms with van der Waals surface area (Å²) in [6.07, 6.45) is -2.39. The van der Waals surface area contributed by atoms with Gasteiger partial charge >= 0.3 is 23.9 Å². The van der Waals surface area contributed by atoms with Crippen LogP contribution in [-0.2, 0) is 54.0 Å². The molecule has 0 unspecified atom stereocenters. The number of rotatable bonds is 17. The maximum atomic E-state index is 14.0. The summed E-state index contributed by atoms with van der Waals surface area (Å²) in [5.41, 5.74) is -4.83. The smallest absolute Gasteiger partial charge is 0.346 e. The summed E-state index contributed by atoms with van der Waals surface area (Å²) in [4.78, 5) is 53.3. The molecule has 0 saturated carbocycles. The number of hydrogen-bond donors (Lipinski definition) is 3. The van der Waals surface area contributed by atoms with Crippen LogP contribution in [0.25, 0.3) is 0 Å². The number of aromatic nitrogens is 4. The predicted molar refractivity (Wildman–Crippen MR) is 185 cm³/mol. The van der Waals surface area contributed by atoms with E-state index in [0.717, 1.165) is 38.7 Å². The highest BCUT2D eigenvalue weighted by Crippen LogP contribution is 2.59. The average Bonchev–Trinajstić information content (AvgIpc) is 3.75. The molecule has 0 radical (unpaired) electrons. The summed E-state index contributed by atoms with van der Waals surface area (Å²) in [6.45, 7) is 13.4. The first kappa shape index (κ1) is 41.2. The highest BCUT2D eigenvalue weighted by atomic mass is 16.8. The van der Waals surface area contributed by atoms with Crippen molar-refractivity contribution in [2.24, 2.45) is 17.8 Å². The number of allylic oxidation sites excluding steroid dienone is 1. The number of carbonyl (C=O) groups excluding carboxylic acids is 4. The van der Waals surface area contributed by atoms with Crippen LogP contribution in [0.2, 0.25) is 0 Å². The van der Waals surface area contributed by atoms with E-state index in [1.54, 1.807) is 6.08 Å². The van der Waals surface area contributed by atoms with Gasteiger partial charge in [-0.2, -0.15) is 5.21 Å². The molecule has 53 heavy (non-hydrogen) atoms. The van der Waals surface area contributed by atoms with Crippen molar-refractivity contribution in [3.05, 3.63) is 66.0 Å². The van der Waals surface area contributed by atoms with Crippen molar-refractivity contribution >= 4 is 23.9 Å². The van der Waals surface area contributed by atoms with Crippen LogP contribution in [0.15, 0.2) is 54.6 Å².